The summed E-state index contributed by atoms with van der Waals surface area (Å²) >= 11 is 0. The van der Waals surface area contributed by atoms with Crippen LogP contribution in [0.4, 0.5) is 0 Å². The molecule has 0 aliphatic carbocycles. The van der Waals surface area contributed by atoms with Crippen molar-refractivity contribution in [1.29, 1.82) is 0 Å². The molecule has 0 radical (unpaired) electrons. The highest BCUT2D eigenvalue weighted by Crippen LogP contribution is 2.43. The van der Waals surface area contributed by atoms with Gasteiger partial charge in [0.2, 0.25) is 0 Å². The molecule has 2 nitrogen and oxygen atoms in total. The Kier molecular flexibility index (Phi) is 3.36. The van der Waals surface area contributed by atoms with Crippen molar-refractivity contribution in [2.75, 3.05) is 13.2 Å². The van der Waals surface area contributed by atoms with E-state index in [1.165, 1.54) is 6.42 Å². The van der Waals surface area contributed by atoms with Gasteiger partial charge in [-0.05, 0) is 24.7 Å². The fourth-order valence-corrected chi connectivity index (χ4v) is 1.84. The maximum Gasteiger partial charge on any atom is 0.0922 e. The molecule has 1 aliphatic rings. The van der Waals surface area contributed by atoms with E-state index >= 15 is 0 Å². The van der Waals surface area contributed by atoms with E-state index in [1.807, 2.05) is 0 Å². The lowest BCUT2D eigenvalue weighted by atomic mass is 9.79. The molecular formula is C11H22O2. The molecule has 0 aromatic heterocycles. The van der Waals surface area contributed by atoms with Gasteiger partial charge < -0.3 is 9.84 Å². The zero-order chi connectivity index (χ0) is 9.95. The fourth-order valence-electron chi connectivity index (χ4n) is 1.84. The Morgan fingerprint density at radius 1 is 1.46 bits per heavy atom. The van der Waals surface area contributed by atoms with Crippen molar-refractivity contribution in [2.45, 2.75) is 52.1 Å². The summed E-state index contributed by atoms with van der Waals surface area (Å²) in [6.45, 7) is 7.99. The Bertz CT molecular complexity index is 159. The molecule has 0 bridgehead atoms. The summed E-state index contributed by atoms with van der Waals surface area (Å²) < 4.78 is 5.52. The van der Waals surface area contributed by atoms with Gasteiger partial charge in [-0.1, -0.05) is 27.2 Å². The standard InChI is InChI=1S/C11H22O2/c1-4-10(2,3)8-11(9-13-11)6-5-7-12/h12H,4-9H2,1-3H3. The van der Waals surface area contributed by atoms with Gasteiger partial charge in [-0.2, -0.15) is 0 Å². The number of hydrogen-bond donors (Lipinski definition) is 1. The predicted molar refractivity (Wildman–Crippen MR) is 53.7 cm³/mol. The van der Waals surface area contributed by atoms with E-state index in [4.69, 9.17) is 9.84 Å². The first kappa shape index (κ1) is 11.0. The van der Waals surface area contributed by atoms with Crippen LogP contribution in [0.1, 0.15) is 46.5 Å². The van der Waals surface area contributed by atoms with E-state index in [-0.39, 0.29) is 12.2 Å². The molecule has 0 saturated carbocycles. The van der Waals surface area contributed by atoms with E-state index in [1.54, 1.807) is 0 Å². The summed E-state index contributed by atoms with van der Waals surface area (Å²) in [5.41, 5.74) is 0.508. The normalized spacial score (nSPS) is 27.7. The van der Waals surface area contributed by atoms with Crippen LogP contribution in [0.5, 0.6) is 0 Å². The number of ether oxygens (including phenoxy) is 1. The van der Waals surface area contributed by atoms with Crippen LogP contribution in [0.25, 0.3) is 0 Å². The molecule has 0 aromatic carbocycles. The van der Waals surface area contributed by atoms with Crippen molar-refractivity contribution >= 4 is 0 Å². The quantitative estimate of drug-likeness (QED) is 0.646. The molecule has 1 atom stereocenters. The molecule has 1 fully saturated rings. The first-order valence-corrected chi connectivity index (χ1v) is 5.28. The van der Waals surface area contributed by atoms with Gasteiger partial charge in [0.15, 0.2) is 0 Å². The molecule has 1 N–H and O–H groups in total. The number of hydrogen-bond acceptors (Lipinski definition) is 2. The minimum absolute atomic E-state index is 0.127. The van der Waals surface area contributed by atoms with Crippen LogP contribution in [-0.2, 0) is 4.74 Å². The lowest BCUT2D eigenvalue weighted by Gasteiger charge is -2.26. The average Bonchev–Trinajstić information content (AvgIpc) is 2.81. The first-order chi connectivity index (χ1) is 6.04. The number of aliphatic hydroxyl groups excluding tert-OH is 1. The molecule has 1 saturated heterocycles. The van der Waals surface area contributed by atoms with E-state index < -0.39 is 0 Å². The minimum Gasteiger partial charge on any atom is -0.396 e. The number of rotatable bonds is 6. The third kappa shape index (κ3) is 3.28. The molecule has 0 spiro atoms. The van der Waals surface area contributed by atoms with Crippen LogP contribution in [0.2, 0.25) is 0 Å². The van der Waals surface area contributed by atoms with E-state index in [9.17, 15) is 0 Å². The van der Waals surface area contributed by atoms with Crippen LogP contribution < -0.4 is 0 Å². The smallest absolute Gasteiger partial charge is 0.0922 e. The molecule has 1 unspecified atom stereocenters. The Labute approximate surface area is 81.3 Å². The van der Waals surface area contributed by atoms with Crippen molar-refractivity contribution in [3.05, 3.63) is 0 Å². The number of epoxide rings is 1. The van der Waals surface area contributed by atoms with Crippen molar-refractivity contribution < 1.29 is 9.84 Å². The summed E-state index contributed by atoms with van der Waals surface area (Å²) in [6, 6.07) is 0. The second-order valence-electron chi connectivity index (χ2n) is 4.99. The van der Waals surface area contributed by atoms with Gasteiger partial charge in [0.1, 0.15) is 0 Å². The van der Waals surface area contributed by atoms with Crippen LogP contribution in [0.3, 0.4) is 0 Å². The van der Waals surface area contributed by atoms with Crippen LogP contribution in [-0.4, -0.2) is 23.9 Å². The first-order valence-electron chi connectivity index (χ1n) is 5.28. The van der Waals surface area contributed by atoms with Gasteiger partial charge in [-0.25, -0.2) is 0 Å². The van der Waals surface area contributed by atoms with E-state index in [0.29, 0.717) is 5.41 Å². The highest BCUT2D eigenvalue weighted by molar-refractivity contribution is 4.95. The van der Waals surface area contributed by atoms with Crippen molar-refractivity contribution in [3.63, 3.8) is 0 Å². The van der Waals surface area contributed by atoms with Crippen molar-refractivity contribution in [1.82, 2.24) is 0 Å². The van der Waals surface area contributed by atoms with Gasteiger partial charge in [0, 0.05) is 6.61 Å². The van der Waals surface area contributed by atoms with E-state index in [0.717, 1.165) is 25.9 Å². The molecule has 1 heterocycles. The molecule has 78 valence electrons. The van der Waals surface area contributed by atoms with Gasteiger partial charge in [0.25, 0.3) is 0 Å². The summed E-state index contributed by atoms with van der Waals surface area (Å²) in [5, 5.41) is 8.76. The largest absolute Gasteiger partial charge is 0.396 e. The minimum atomic E-state index is 0.127. The van der Waals surface area contributed by atoms with Crippen molar-refractivity contribution in [2.24, 2.45) is 5.41 Å². The third-order valence-electron chi connectivity index (χ3n) is 3.10. The molecule has 2 heteroatoms. The molecule has 0 amide bonds. The Hall–Kier alpha value is -0.0800. The van der Waals surface area contributed by atoms with Crippen LogP contribution in [0, 0.1) is 5.41 Å². The van der Waals surface area contributed by atoms with Gasteiger partial charge >= 0.3 is 0 Å². The van der Waals surface area contributed by atoms with E-state index in [2.05, 4.69) is 20.8 Å². The highest BCUT2D eigenvalue weighted by atomic mass is 16.6. The second kappa shape index (κ2) is 3.97. The SMILES string of the molecule is CCC(C)(C)CC1(CCCO)CO1. The number of aliphatic hydroxyl groups is 1. The predicted octanol–water partition coefficient (Wildman–Crippen LogP) is 2.35. The summed E-state index contributed by atoms with van der Waals surface area (Å²) in [5.74, 6) is 0. The molecule has 0 aromatic rings. The van der Waals surface area contributed by atoms with Crippen LogP contribution in [0.15, 0.2) is 0 Å². The average molecular weight is 186 g/mol. The molecular weight excluding hydrogens is 164 g/mol. The Balaban J connectivity index is 2.34. The fraction of sp³-hybridized carbons (Fsp3) is 1.00. The summed E-state index contributed by atoms with van der Waals surface area (Å²) in [4.78, 5) is 0. The Morgan fingerprint density at radius 2 is 2.08 bits per heavy atom. The van der Waals surface area contributed by atoms with Crippen molar-refractivity contribution in [3.8, 4) is 0 Å². The maximum atomic E-state index is 8.76. The highest BCUT2D eigenvalue weighted by Gasteiger charge is 2.46. The summed E-state index contributed by atoms with van der Waals surface area (Å²) in [7, 11) is 0. The van der Waals surface area contributed by atoms with Gasteiger partial charge in [-0.15, -0.1) is 0 Å². The lowest BCUT2D eigenvalue weighted by Crippen LogP contribution is -2.23. The zero-order valence-electron chi connectivity index (χ0n) is 9.10. The maximum absolute atomic E-state index is 8.76. The topological polar surface area (TPSA) is 32.8 Å². The van der Waals surface area contributed by atoms with Gasteiger partial charge in [-0.3, -0.25) is 0 Å². The lowest BCUT2D eigenvalue weighted by molar-refractivity contribution is 0.172. The summed E-state index contributed by atoms with van der Waals surface area (Å²) in [6.07, 6.45) is 4.22. The molecule has 1 aliphatic heterocycles. The Morgan fingerprint density at radius 3 is 2.46 bits per heavy atom. The zero-order valence-corrected chi connectivity index (χ0v) is 9.10. The monoisotopic (exact) mass is 186 g/mol. The van der Waals surface area contributed by atoms with Gasteiger partial charge in [0.05, 0.1) is 12.2 Å². The molecule has 1 rings (SSSR count). The second-order valence-corrected chi connectivity index (χ2v) is 4.99. The van der Waals surface area contributed by atoms with Crippen LogP contribution >= 0.6 is 0 Å². The third-order valence-corrected chi connectivity index (χ3v) is 3.10. The molecule has 13 heavy (non-hydrogen) atoms.